The Balaban J connectivity index is 2.66. The van der Waals surface area contributed by atoms with Crippen molar-refractivity contribution in [3.63, 3.8) is 0 Å². The lowest BCUT2D eigenvalue weighted by molar-refractivity contribution is 0.269. The summed E-state index contributed by atoms with van der Waals surface area (Å²) in [5.74, 6) is 3.32. The maximum atomic E-state index is 5.71. The normalized spacial score (nSPS) is 25.6. The number of terminal acetylenes is 1. The molecule has 1 aliphatic rings. The smallest absolute Gasteiger partial charge is 0.0300 e. The molecule has 0 nitrogen and oxygen atoms in total. The third kappa shape index (κ3) is 1.47. The Hall–Kier alpha value is -1.22. The summed E-state index contributed by atoms with van der Waals surface area (Å²) in [5, 5.41) is 0. The van der Waals surface area contributed by atoms with Gasteiger partial charge in [-0.15, -0.1) is 12.3 Å². The predicted molar refractivity (Wildman–Crippen MR) is 69.4 cm³/mol. The van der Waals surface area contributed by atoms with E-state index in [9.17, 15) is 0 Å². The average Bonchev–Trinajstić information content (AvgIpc) is 2.24. The Bertz CT molecular complexity index is 443. The number of benzene rings is 1. The molecule has 0 fully saturated rings. The van der Waals surface area contributed by atoms with Gasteiger partial charge in [0.2, 0.25) is 0 Å². The van der Waals surface area contributed by atoms with E-state index in [0.717, 1.165) is 6.42 Å². The van der Waals surface area contributed by atoms with Gasteiger partial charge in [0.25, 0.3) is 0 Å². The molecule has 1 aliphatic carbocycles. The maximum Gasteiger partial charge on any atom is 0.0300 e. The molecule has 1 aromatic carbocycles. The molecule has 0 aromatic heterocycles. The van der Waals surface area contributed by atoms with Crippen molar-refractivity contribution in [3.8, 4) is 12.3 Å². The molecule has 1 atom stereocenters. The summed E-state index contributed by atoms with van der Waals surface area (Å²) in [4.78, 5) is 0. The highest BCUT2D eigenvalue weighted by Gasteiger charge is 2.42. The SMILES string of the molecule is C#CC1CC(C)(C)c2ccccc2C1(C)C. The van der Waals surface area contributed by atoms with Gasteiger partial charge >= 0.3 is 0 Å². The topological polar surface area (TPSA) is 0 Å². The third-order valence-electron chi connectivity index (χ3n) is 4.14. The van der Waals surface area contributed by atoms with E-state index in [1.807, 2.05) is 0 Å². The van der Waals surface area contributed by atoms with Crippen molar-refractivity contribution in [2.45, 2.75) is 44.9 Å². The molecule has 2 rings (SSSR count). The largest absolute Gasteiger partial charge is 0.120 e. The van der Waals surface area contributed by atoms with Gasteiger partial charge in [-0.2, -0.15) is 0 Å². The zero-order chi connectivity index (χ0) is 12.0. The van der Waals surface area contributed by atoms with Gasteiger partial charge in [-0.1, -0.05) is 52.0 Å². The van der Waals surface area contributed by atoms with Crippen molar-refractivity contribution < 1.29 is 0 Å². The average molecular weight is 212 g/mol. The quantitative estimate of drug-likeness (QED) is 0.572. The number of hydrogen-bond acceptors (Lipinski definition) is 0. The molecule has 0 spiro atoms. The number of fused-ring (bicyclic) bond motifs is 1. The van der Waals surface area contributed by atoms with Crippen LogP contribution >= 0.6 is 0 Å². The molecule has 0 N–H and O–H groups in total. The molecular formula is C16H20. The van der Waals surface area contributed by atoms with Crippen LogP contribution in [-0.2, 0) is 10.8 Å². The zero-order valence-corrected chi connectivity index (χ0v) is 10.7. The Morgan fingerprint density at radius 1 is 1.12 bits per heavy atom. The fourth-order valence-electron chi connectivity index (χ4n) is 2.97. The van der Waals surface area contributed by atoms with Crippen LogP contribution in [0.3, 0.4) is 0 Å². The lowest BCUT2D eigenvalue weighted by atomic mass is 9.58. The minimum Gasteiger partial charge on any atom is -0.120 e. The van der Waals surface area contributed by atoms with Crippen molar-refractivity contribution >= 4 is 0 Å². The minimum atomic E-state index is 0.0981. The lowest BCUT2D eigenvalue weighted by Gasteiger charge is -2.45. The summed E-state index contributed by atoms with van der Waals surface area (Å²) < 4.78 is 0. The van der Waals surface area contributed by atoms with Crippen LogP contribution in [-0.4, -0.2) is 0 Å². The second-order valence-electron chi connectivity index (χ2n) is 6.07. The van der Waals surface area contributed by atoms with E-state index in [1.165, 1.54) is 11.1 Å². The van der Waals surface area contributed by atoms with Gasteiger partial charge in [0.05, 0.1) is 0 Å². The Labute approximate surface area is 99.1 Å². The zero-order valence-electron chi connectivity index (χ0n) is 10.7. The maximum absolute atomic E-state index is 5.71. The van der Waals surface area contributed by atoms with Gasteiger partial charge in [-0.05, 0) is 23.0 Å². The number of rotatable bonds is 0. The van der Waals surface area contributed by atoms with E-state index >= 15 is 0 Å². The molecular weight excluding hydrogens is 192 g/mol. The van der Waals surface area contributed by atoms with E-state index in [0.29, 0.717) is 5.92 Å². The Kier molecular flexibility index (Phi) is 2.39. The number of hydrogen-bond donors (Lipinski definition) is 0. The molecule has 84 valence electrons. The van der Waals surface area contributed by atoms with E-state index < -0.39 is 0 Å². The van der Waals surface area contributed by atoms with Gasteiger partial charge in [-0.25, -0.2) is 0 Å². The van der Waals surface area contributed by atoms with Gasteiger partial charge in [0, 0.05) is 11.3 Å². The molecule has 0 heterocycles. The van der Waals surface area contributed by atoms with Crippen molar-refractivity contribution in [2.75, 3.05) is 0 Å². The first-order chi connectivity index (χ1) is 7.39. The van der Waals surface area contributed by atoms with Gasteiger partial charge < -0.3 is 0 Å². The van der Waals surface area contributed by atoms with Crippen LogP contribution < -0.4 is 0 Å². The highest BCUT2D eigenvalue weighted by molar-refractivity contribution is 5.43. The summed E-state index contributed by atoms with van der Waals surface area (Å²) in [6, 6.07) is 8.74. The molecule has 0 aliphatic heterocycles. The summed E-state index contributed by atoms with van der Waals surface area (Å²) in [6.07, 6.45) is 6.78. The lowest BCUT2D eigenvalue weighted by Crippen LogP contribution is -2.40. The van der Waals surface area contributed by atoms with Crippen molar-refractivity contribution in [2.24, 2.45) is 5.92 Å². The molecule has 0 heteroatoms. The minimum absolute atomic E-state index is 0.0981. The van der Waals surface area contributed by atoms with Crippen molar-refractivity contribution in [1.29, 1.82) is 0 Å². The van der Waals surface area contributed by atoms with Gasteiger partial charge in [0.1, 0.15) is 0 Å². The van der Waals surface area contributed by atoms with Crippen LogP contribution in [0.25, 0.3) is 0 Å². The molecule has 1 unspecified atom stereocenters. The van der Waals surface area contributed by atoms with E-state index in [-0.39, 0.29) is 10.8 Å². The second-order valence-corrected chi connectivity index (χ2v) is 6.07. The fourth-order valence-corrected chi connectivity index (χ4v) is 2.97. The molecule has 0 radical (unpaired) electrons. The van der Waals surface area contributed by atoms with Crippen molar-refractivity contribution in [3.05, 3.63) is 35.4 Å². The molecule has 0 amide bonds. The summed E-state index contributed by atoms with van der Waals surface area (Å²) in [6.45, 7) is 9.13. The molecule has 0 bridgehead atoms. The molecule has 0 saturated carbocycles. The summed E-state index contributed by atoms with van der Waals surface area (Å²) >= 11 is 0. The first-order valence-corrected chi connectivity index (χ1v) is 5.96. The van der Waals surface area contributed by atoms with Crippen LogP contribution in [0, 0.1) is 18.3 Å². The summed E-state index contributed by atoms with van der Waals surface area (Å²) in [5.41, 5.74) is 3.19. The molecule has 16 heavy (non-hydrogen) atoms. The fraction of sp³-hybridized carbons (Fsp3) is 0.500. The van der Waals surface area contributed by atoms with E-state index in [1.54, 1.807) is 0 Å². The van der Waals surface area contributed by atoms with Crippen LogP contribution in [0.15, 0.2) is 24.3 Å². The highest BCUT2D eigenvalue weighted by Crippen LogP contribution is 2.48. The molecule has 0 saturated heterocycles. The monoisotopic (exact) mass is 212 g/mol. The van der Waals surface area contributed by atoms with Gasteiger partial charge in [-0.3, -0.25) is 0 Å². The standard InChI is InChI=1S/C16H20/c1-6-12-11-15(2,3)13-9-7-8-10-14(13)16(12,4)5/h1,7-10,12H,11H2,2-5H3. The highest BCUT2D eigenvalue weighted by atomic mass is 14.5. The molecule has 1 aromatic rings. The predicted octanol–water partition coefficient (Wildman–Crippen LogP) is 3.89. The van der Waals surface area contributed by atoms with Crippen molar-refractivity contribution in [1.82, 2.24) is 0 Å². The van der Waals surface area contributed by atoms with E-state index in [4.69, 9.17) is 6.42 Å². The van der Waals surface area contributed by atoms with Crippen LogP contribution in [0.2, 0.25) is 0 Å². The Morgan fingerprint density at radius 3 is 2.25 bits per heavy atom. The first kappa shape index (κ1) is 11.3. The summed E-state index contributed by atoms with van der Waals surface area (Å²) in [7, 11) is 0. The van der Waals surface area contributed by atoms with Crippen LogP contribution in [0.4, 0.5) is 0 Å². The first-order valence-electron chi connectivity index (χ1n) is 5.96. The van der Waals surface area contributed by atoms with E-state index in [2.05, 4.69) is 57.9 Å². The van der Waals surface area contributed by atoms with Crippen LogP contribution in [0.5, 0.6) is 0 Å². The second kappa shape index (κ2) is 3.39. The third-order valence-corrected chi connectivity index (χ3v) is 4.14. The van der Waals surface area contributed by atoms with Crippen LogP contribution in [0.1, 0.15) is 45.2 Å². The Morgan fingerprint density at radius 2 is 1.69 bits per heavy atom. The van der Waals surface area contributed by atoms with Gasteiger partial charge in [0.15, 0.2) is 0 Å².